The number of rotatable bonds is 3. The van der Waals surface area contributed by atoms with Crippen LogP contribution in [0.3, 0.4) is 0 Å². The summed E-state index contributed by atoms with van der Waals surface area (Å²) in [6.07, 6.45) is 9.06. The zero-order valence-electron chi connectivity index (χ0n) is 14.6. The van der Waals surface area contributed by atoms with Gasteiger partial charge in [0.25, 0.3) is 5.69 Å². The van der Waals surface area contributed by atoms with E-state index in [0.717, 1.165) is 25.4 Å². The average Bonchev–Trinajstić information content (AvgIpc) is 3.12. The molecule has 0 unspecified atom stereocenters. The number of hydrogen-bond acceptors (Lipinski definition) is 5. The first kappa shape index (κ1) is 16.9. The molecule has 1 aromatic rings. The van der Waals surface area contributed by atoms with Gasteiger partial charge in [0.15, 0.2) is 11.5 Å². The molecule has 7 nitrogen and oxygen atoms in total. The van der Waals surface area contributed by atoms with Crippen molar-refractivity contribution in [2.24, 2.45) is 11.8 Å². The maximum absolute atomic E-state index is 12.6. The van der Waals surface area contributed by atoms with Gasteiger partial charge in [-0.2, -0.15) is 0 Å². The van der Waals surface area contributed by atoms with Crippen molar-refractivity contribution in [3.05, 3.63) is 33.9 Å². The van der Waals surface area contributed by atoms with Gasteiger partial charge in [-0.3, -0.25) is 14.9 Å². The fourth-order valence-electron chi connectivity index (χ4n) is 4.31. The van der Waals surface area contributed by atoms with Crippen molar-refractivity contribution in [3.8, 4) is 11.5 Å². The molecule has 4 rings (SSSR count). The van der Waals surface area contributed by atoms with Crippen LogP contribution in [0.4, 0.5) is 5.69 Å². The summed E-state index contributed by atoms with van der Waals surface area (Å²) in [7, 11) is 0. The highest BCUT2D eigenvalue weighted by Crippen LogP contribution is 2.39. The summed E-state index contributed by atoms with van der Waals surface area (Å²) in [5.74, 6) is 2.10. The Bertz CT molecular complexity index is 761. The van der Waals surface area contributed by atoms with Crippen LogP contribution in [0.5, 0.6) is 11.5 Å². The molecule has 1 saturated carbocycles. The second-order valence-electron chi connectivity index (χ2n) is 7.23. The molecule has 2 aliphatic heterocycles. The zero-order valence-corrected chi connectivity index (χ0v) is 14.6. The molecule has 1 amide bonds. The number of nitrogens with zero attached hydrogens (tertiary/aromatic N) is 2. The van der Waals surface area contributed by atoms with Crippen LogP contribution < -0.4 is 9.47 Å². The van der Waals surface area contributed by atoms with Gasteiger partial charge in [0.2, 0.25) is 12.7 Å². The maximum atomic E-state index is 12.6. The fraction of sp³-hybridized carbons (Fsp3) is 0.526. The van der Waals surface area contributed by atoms with Crippen LogP contribution in [0.2, 0.25) is 0 Å². The monoisotopic (exact) mass is 358 g/mol. The lowest BCUT2D eigenvalue weighted by molar-refractivity contribution is -0.385. The molecule has 26 heavy (non-hydrogen) atoms. The predicted molar refractivity (Wildman–Crippen MR) is 94.9 cm³/mol. The Hall–Kier alpha value is -2.57. The Morgan fingerprint density at radius 2 is 1.88 bits per heavy atom. The van der Waals surface area contributed by atoms with E-state index in [4.69, 9.17) is 9.47 Å². The molecule has 2 fully saturated rings. The molecule has 0 N–H and O–H groups in total. The molecule has 1 saturated heterocycles. The van der Waals surface area contributed by atoms with Gasteiger partial charge in [0, 0.05) is 19.2 Å². The summed E-state index contributed by atoms with van der Waals surface area (Å²) in [4.78, 5) is 25.3. The standard InChI is InChI=1S/C19H22N2O5/c22-19(20-8-7-13-3-1-2-4-15(13)11-20)6-5-14-9-17-18(26-12-25-17)10-16(14)21(23)24/h5-6,9-10,13,15H,1-4,7-8,11-12H2/b6-5+/t13-,15+/m1/s1. The van der Waals surface area contributed by atoms with Gasteiger partial charge in [-0.05, 0) is 36.8 Å². The maximum Gasteiger partial charge on any atom is 0.280 e. The lowest BCUT2D eigenvalue weighted by atomic mass is 9.75. The van der Waals surface area contributed by atoms with Gasteiger partial charge in [-0.25, -0.2) is 0 Å². The highest BCUT2D eigenvalue weighted by atomic mass is 16.7. The first-order valence-electron chi connectivity index (χ1n) is 9.17. The van der Waals surface area contributed by atoms with E-state index < -0.39 is 4.92 Å². The smallest absolute Gasteiger partial charge is 0.280 e. The minimum Gasteiger partial charge on any atom is -0.454 e. The van der Waals surface area contributed by atoms with E-state index in [0.29, 0.717) is 23.0 Å². The van der Waals surface area contributed by atoms with Crippen LogP contribution in [0.15, 0.2) is 18.2 Å². The van der Waals surface area contributed by atoms with E-state index in [9.17, 15) is 14.9 Å². The zero-order chi connectivity index (χ0) is 18.1. The summed E-state index contributed by atoms with van der Waals surface area (Å²) >= 11 is 0. The van der Waals surface area contributed by atoms with E-state index >= 15 is 0 Å². The predicted octanol–water partition coefficient (Wildman–Crippen LogP) is 3.38. The Balaban J connectivity index is 1.49. The van der Waals surface area contributed by atoms with Gasteiger partial charge in [-0.1, -0.05) is 19.3 Å². The van der Waals surface area contributed by atoms with Gasteiger partial charge >= 0.3 is 0 Å². The van der Waals surface area contributed by atoms with Crippen molar-refractivity contribution in [1.82, 2.24) is 4.90 Å². The number of amides is 1. The summed E-state index contributed by atoms with van der Waals surface area (Å²) < 4.78 is 10.5. The lowest BCUT2D eigenvalue weighted by Crippen LogP contribution is -2.44. The number of carbonyl (C=O) groups excluding carboxylic acids is 1. The highest BCUT2D eigenvalue weighted by Gasteiger charge is 2.32. The molecule has 2 atom stereocenters. The van der Waals surface area contributed by atoms with E-state index in [1.807, 2.05) is 4.90 Å². The van der Waals surface area contributed by atoms with E-state index in [-0.39, 0.29) is 18.4 Å². The van der Waals surface area contributed by atoms with Crippen molar-refractivity contribution >= 4 is 17.7 Å². The molecular weight excluding hydrogens is 336 g/mol. The van der Waals surface area contributed by atoms with Crippen LogP contribution in [0.1, 0.15) is 37.7 Å². The third kappa shape index (κ3) is 3.25. The van der Waals surface area contributed by atoms with Crippen LogP contribution in [-0.4, -0.2) is 35.6 Å². The Morgan fingerprint density at radius 1 is 1.15 bits per heavy atom. The topological polar surface area (TPSA) is 81.9 Å². The average molecular weight is 358 g/mol. The third-order valence-corrected chi connectivity index (χ3v) is 5.73. The molecule has 7 heteroatoms. The van der Waals surface area contributed by atoms with E-state index in [2.05, 4.69) is 0 Å². The first-order valence-corrected chi connectivity index (χ1v) is 9.17. The van der Waals surface area contributed by atoms with E-state index in [1.54, 1.807) is 6.07 Å². The summed E-state index contributed by atoms with van der Waals surface area (Å²) in [5.41, 5.74) is 0.254. The Kier molecular flexibility index (Phi) is 4.53. The minimum atomic E-state index is -0.473. The van der Waals surface area contributed by atoms with Crippen LogP contribution in [0.25, 0.3) is 6.08 Å². The molecule has 0 spiro atoms. The number of likely N-dealkylation sites (tertiary alicyclic amines) is 1. The number of fused-ring (bicyclic) bond motifs is 2. The Labute approximate surface area is 151 Å². The minimum absolute atomic E-state index is 0.0505. The fourth-order valence-corrected chi connectivity index (χ4v) is 4.31. The van der Waals surface area contributed by atoms with Crippen molar-refractivity contribution in [2.75, 3.05) is 19.9 Å². The molecule has 0 radical (unpaired) electrons. The number of carbonyl (C=O) groups is 1. The first-order chi connectivity index (χ1) is 12.6. The molecule has 0 aromatic heterocycles. The number of piperidine rings is 1. The molecule has 1 aromatic carbocycles. The van der Waals surface area contributed by atoms with Crippen molar-refractivity contribution in [2.45, 2.75) is 32.1 Å². The number of ether oxygens (including phenoxy) is 2. The van der Waals surface area contributed by atoms with E-state index in [1.165, 1.54) is 43.9 Å². The molecule has 138 valence electrons. The second-order valence-corrected chi connectivity index (χ2v) is 7.23. The van der Waals surface area contributed by atoms with Crippen molar-refractivity contribution in [1.29, 1.82) is 0 Å². The summed E-state index contributed by atoms with van der Waals surface area (Å²) in [6.45, 7) is 1.62. The van der Waals surface area contributed by atoms with Gasteiger partial charge in [-0.15, -0.1) is 0 Å². The normalized spacial score (nSPS) is 24.5. The number of benzene rings is 1. The van der Waals surface area contributed by atoms with Crippen molar-refractivity contribution in [3.63, 3.8) is 0 Å². The molecule has 1 aliphatic carbocycles. The number of nitro benzene ring substituents is 1. The van der Waals surface area contributed by atoms with Gasteiger partial charge in [0.05, 0.1) is 16.6 Å². The molecule has 0 bridgehead atoms. The molecular formula is C19H22N2O5. The molecule has 2 heterocycles. The summed E-state index contributed by atoms with van der Waals surface area (Å²) in [6, 6.07) is 2.90. The lowest BCUT2D eigenvalue weighted by Gasteiger charge is -2.41. The van der Waals surface area contributed by atoms with Gasteiger partial charge < -0.3 is 14.4 Å². The second kappa shape index (κ2) is 6.97. The largest absolute Gasteiger partial charge is 0.454 e. The van der Waals surface area contributed by atoms with Crippen LogP contribution in [-0.2, 0) is 4.79 Å². The SMILES string of the molecule is O=C(/C=C/c1cc2c(cc1[N+](=O)[O-])OCO2)N1CC[C@H]2CCCC[C@H]2C1. The number of hydrogen-bond donors (Lipinski definition) is 0. The van der Waals surface area contributed by atoms with Crippen molar-refractivity contribution < 1.29 is 19.2 Å². The third-order valence-electron chi connectivity index (χ3n) is 5.73. The van der Waals surface area contributed by atoms with Crippen LogP contribution >= 0.6 is 0 Å². The summed E-state index contributed by atoms with van der Waals surface area (Å²) in [5, 5.41) is 11.3. The van der Waals surface area contributed by atoms with Crippen LogP contribution in [0, 0.1) is 22.0 Å². The highest BCUT2D eigenvalue weighted by molar-refractivity contribution is 5.92. The molecule has 3 aliphatic rings. The quantitative estimate of drug-likeness (QED) is 0.470. The Morgan fingerprint density at radius 3 is 2.65 bits per heavy atom. The number of nitro groups is 1. The van der Waals surface area contributed by atoms with Gasteiger partial charge in [0.1, 0.15) is 0 Å².